The number of rotatable bonds is 7. The molecule has 8 nitrogen and oxygen atoms in total. The summed E-state index contributed by atoms with van der Waals surface area (Å²) in [6.45, 7) is 5.90. The Morgan fingerprint density at radius 3 is 2.86 bits per heavy atom. The Morgan fingerprint density at radius 2 is 2.17 bits per heavy atom. The predicted molar refractivity (Wildman–Crippen MR) is 109 cm³/mol. The van der Waals surface area contributed by atoms with Gasteiger partial charge in [0.1, 0.15) is 12.3 Å². The molecule has 0 aliphatic carbocycles. The van der Waals surface area contributed by atoms with Gasteiger partial charge in [0.15, 0.2) is 5.69 Å². The lowest BCUT2D eigenvalue weighted by Gasteiger charge is -2.26. The van der Waals surface area contributed by atoms with Crippen molar-refractivity contribution in [3.8, 4) is 5.75 Å². The molecule has 0 radical (unpaired) electrons. The van der Waals surface area contributed by atoms with Crippen LogP contribution in [0.4, 0.5) is 0 Å². The highest BCUT2D eigenvalue weighted by atomic mass is 32.1. The number of aromatic nitrogens is 2. The number of hydrogen-bond donors (Lipinski definition) is 0. The minimum Gasteiger partial charge on any atom is -0.497 e. The highest BCUT2D eigenvalue weighted by Gasteiger charge is 2.32. The molecule has 1 fully saturated rings. The monoisotopic (exact) mass is 418 g/mol. The van der Waals surface area contributed by atoms with Crippen LogP contribution in [0.5, 0.6) is 5.75 Å². The number of hydrogen-bond acceptors (Lipinski definition) is 7. The molecule has 156 valence electrons. The number of ether oxygens (including phenoxy) is 2. The van der Waals surface area contributed by atoms with Gasteiger partial charge in [0, 0.05) is 25.0 Å². The van der Waals surface area contributed by atoms with E-state index in [2.05, 4.69) is 23.4 Å². The van der Waals surface area contributed by atoms with Crippen LogP contribution >= 0.6 is 11.5 Å². The first-order chi connectivity index (χ1) is 14.0. The van der Waals surface area contributed by atoms with Crippen LogP contribution in [0.1, 0.15) is 29.9 Å². The Balaban J connectivity index is 1.74. The number of amides is 2. The van der Waals surface area contributed by atoms with Crippen molar-refractivity contribution >= 4 is 23.3 Å². The third-order valence-electron chi connectivity index (χ3n) is 4.60. The standard InChI is InChI=1S/C20H26N4O4S/c1-14(2)8-23-9-17(28-12-15-5-4-6-16(7-15)27-3)10-24(11-19(23)25)20(26)18-13-29-22-21-18/h4-7,13-14,17H,8-12H2,1-3H3/t17-/m0/s1. The highest BCUT2D eigenvalue weighted by molar-refractivity contribution is 7.03. The number of nitrogens with zero attached hydrogens (tertiary/aromatic N) is 4. The summed E-state index contributed by atoms with van der Waals surface area (Å²) in [6.07, 6.45) is -0.304. The van der Waals surface area contributed by atoms with Gasteiger partial charge in [-0.15, -0.1) is 5.10 Å². The molecule has 0 bridgehead atoms. The molecule has 2 heterocycles. The van der Waals surface area contributed by atoms with Crippen molar-refractivity contribution in [1.82, 2.24) is 19.4 Å². The Labute approximate surface area is 174 Å². The highest BCUT2D eigenvalue weighted by Crippen LogP contribution is 2.17. The molecular formula is C20H26N4O4S. The first-order valence-corrected chi connectivity index (χ1v) is 10.4. The number of carbonyl (C=O) groups excluding carboxylic acids is 2. The van der Waals surface area contributed by atoms with Gasteiger partial charge in [0.25, 0.3) is 5.91 Å². The van der Waals surface area contributed by atoms with Gasteiger partial charge < -0.3 is 19.3 Å². The molecule has 1 aromatic carbocycles. The summed E-state index contributed by atoms with van der Waals surface area (Å²) in [5, 5.41) is 5.44. The minimum absolute atomic E-state index is 0.0160. The van der Waals surface area contributed by atoms with E-state index >= 15 is 0 Å². The van der Waals surface area contributed by atoms with Gasteiger partial charge in [0.05, 0.1) is 19.8 Å². The SMILES string of the molecule is COc1cccc(CO[C@H]2CN(CC(C)C)C(=O)CN(C(=O)c3csnn3)C2)c1. The molecule has 2 amide bonds. The van der Waals surface area contributed by atoms with Crippen molar-refractivity contribution in [2.75, 3.05) is 33.3 Å². The van der Waals surface area contributed by atoms with E-state index in [1.54, 1.807) is 17.4 Å². The van der Waals surface area contributed by atoms with Gasteiger partial charge in [-0.05, 0) is 35.1 Å². The Hall–Kier alpha value is -2.52. The average Bonchev–Trinajstić information content (AvgIpc) is 3.19. The summed E-state index contributed by atoms with van der Waals surface area (Å²) in [6, 6.07) is 7.66. The average molecular weight is 419 g/mol. The molecule has 1 atom stereocenters. The molecule has 1 saturated heterocycles. The van der Waals surface area contributed by atoms with Crippen LogP contribution in [0.2, 0.25) is 0 Å². The van der Waals surface area contributed by atoms with Gasteiger partial charge in [-0.25, -0.2) is 0 Å². The van der Waals surface area contributed by atoms with Gasteiger partial charge in [-0.2, -0.15) is 0 Å². The molecule has 1 aliphatic heterocycles. The number of carbonyl (C=O) groups is 2. The Bertz CT molecular complexity index is 828. The topological polar surface area (TPSA) is 84.9 Å². The van der Waals surface area contributed by atoms with Crippen molar-refractivity contribution in [3.05, 3.63) is 40.9 Å². The summed E-state index contributed by atoms with van der Waals surface area (Å²) in [4.78, 5) is 28.8. The van der Waals surface area contributed by atoms with E-state index in [0.717, 1.165) is 22.8 Å². The van der Waals surface area contributed by atoms with Crippen LogP contribution in [0.3, 0.4) is 0 Å². The maximum Gasteiger partial charge on any atom is 0.275 e. The van der Waals surface area contributed by atoms with Gasteiger partial charge >= 0.3 is 0 Å². The fourth-order valence-corrected chi connectivity index (χ4v) is 3.68. The summed E-state index contributed by atoms with van der Waals surface area (Å²) in [7, 11) is 1.62. The van der Waals surface area contributed by atoms with Crippen LogP contribution in [-0.4, -0.2) is 70.6 Å². The van der Waals surface area contributed by atoms with E-state index in [4.69, 9.17) is 9.47 Å². The van der Waals surface area contributed by atoms with Crippen LogP contribution in [-0.2, 0) is 16.1 Å². The van der Waals surface area contributed by atoms with E-state index < -0.39 is 0 Å². The molecule has 2 aromatic rings. The summed E-state index contributed by atoms with van der Waals surface area (Å²) < 4.78 is 15.1. The van der Waals surface area contributed by atoms with Gasteiger partial charge in [0.2, 0.25) is 5.91 Å². The number of methoxy groups -OCH3 is 1. The fraction of sp³-hybridized carbons (Fsp3) is 0.500. The maximum atomic E-state index is 12.8. The largest absolute Gasteiger partial charge is 0.497 e. The molecule has 29 heavy (non-hydrogen) atoms. The van der Waals surface area contributed by atoms with Crippen molar-refractivity contribution < 1.29 is 19.1 Å². The molecule has 0 saturated carbocycles. The molecule has 1 aliphatic rings. The fourth-order valence-electron chi connectivity index (χ4n) is 3.25. The lowest BCUT2D eigenvalue weighted by atomic mass is 10.2. The van der Waals surface area contributed by atoms with E-state index in [1.165, 1.54) is 4.90 Å². The van der Waals surface area contributed by atoms with E-state index in [1.807, 2.05) is 24.3 Å². The molecule has 0 spiro atoms. The van der Waals surface area contributed by atoms with Crippen LogP contribution < -0.4 is 4.74 Å². The Kier molecular flexibility index (Phi) is 7.16. The summed E-state index contributed by atoms with van der Waals surface area (Å²) in [5.41, 5.74) is 1.23. The van der Waals surface area contributed by atoms with E-state index in [-0.39, 0.29) is 30.2 Å². The van der Waals surface area contributed by atoms with Gasteiger partial charge in [-0.3, -0.25) is 9.59 Å². The maximum absolute atomic E-state index is 12.8. The van der Waals surface area contributed by atoms with Crippen molar-refractivity contribution in [2.45, 2.75) is 26.6 Å². The second-order valence-electron chi connectivity index (χ2n) is 7.45. The summed E-state index contributed by atoms with van der Waals surface area (Å²) >= 11 is 1.11. The lowest BCUT2D eigenvalue weighted by molar-refractivity contribution is -0.132. The van der Waals surface area contributed by atoms with Crippen molar-refractivity contribution in [2.24, 2.45) is 5.92 Å². The quantitative estimate of drug-likeness (QED) is 0.684. The molecule has 0 N–H and O–H groups in total. The third-order valence-corrected chi connectivity index (χ3v) is 5.10. The molecule has 9 heteroatoms. The third kappa shape index (κ3) is 5.74. The molecule has 3 rings (SSSR count). The minimum atomic E-state index is -0.304. The Morgan fingerprint density at radius 1 is 1.34 bits per heavy atom. The van der Waals surface area contributed by atoms with E-state index in [9.17, 15) is 9.59 Å². The predicted octanol–water partition coefficient (Wildman–Crippen LogP) is 2.07. The molecular weight excluding hydrogens is 392 g/mol. The number of benzene rings is 1. The molecule has 1 aromatic heterocycles. The zero-order valence-electron chi connectivity index (χ0n) is 16.9. The van der Waals surface area contributed by atoms with Crippen LogP contribution in [0.15, 0.2) is 29.6 Å². The first kappa shape index (κ1) is 21.2. The van der Waals surface area contributed by atoms with Crippen molar-refractivity contribution in [1.29, 1.82) is 0 Å². The zero-order chi connectivity index (χ0) is 20.8. The zero-order valence-corrected chi connectivity index (χ0v) is 17.7. The normalized spacial score (nSPS) is 17.5. The summed E-state index contributed by atoms with van der Waals surface area (Å²) in [5.74, 6) is 0.704. The smallest absolute Gasteiger partial charge is 0.275 e. The lowest BCUT2D eigenvalue weighted by Crippen LogP contribution is -2.40. The van der Waals surface area contributed by atoms with Crippen LogP contribution in [0, 0.1) is 5.92 Å². The second-order valence-corrected chi connectivity index (χ2v) is 8.06. The first-order valence-electron chi connectivity index (χ1n) is 9.55. The molecule has 0 unspecified atom stereocenters. The van der Waals surface area contributed by atoms with Gasteiger partial charge in [-0.1, -0.05) is 30.5 Å². The van der Waals surface area contributed by atoms with Crippen molar-refractivity contribution in [3.63, 3.8) is 0 Å². The van der Waals surface area contributed by atoms with E-state index in [0.29, 0.717) is 32.2 Å². The second kappa shape index (κ2) is 9.80. The van der Waals surface area contributed by atoms with Crippen LogP contribution in [0.25, 0.3) is 0 Å².